The lowest BCUT2D eigenvalue weighted by molar-refractivity contribution is 0.179. The molecule has 0 aliphatic heterocycles. The van der Waals surface area contributed by atoms with Gasteiger partial charge in [0.1, 0.15) is 5.82 Å². The van der Waals surface area contributed by atoms with Gasteiger partial charge in [-0.2, -0.15) is 5.10 Å². The Morgan fingerprint density at radius 3 is 2.95 bits per heavy atom. The number of aromatic amines is 1. The number of aryl methyl sites for hydroxylation is 1. The number of nitrogens with zero attached hydrogens (tertiary/aromatic N) is 2. The molecule has 1 aromatic carbocycles. The van der Waals surface area contributed by atoms with Crippen LogP contribution in [-0.4, -0.2) is 34.9 Å². The van der Waals surface area contributed by atoms with Gasteiger partial charge in [0.15, 0.2) is 5.82 Å². The van der Waals surface area contributed by atoms with Crippen LogP contribution in [0.15, 0.2) is 24.3 Å². The fourth-order valence-electron chi connectivity index (χ4n) is 2.41. The average Bonchev–Trinajstić information content (AvgIpc) is 3.21. The van der Waals surface area contributed by atoms with Crippen molar-refractivity contribution in [2.45, 2.75) is 25.8 Å². The Bertz CT molecular complexity index is 577. The lowest BCUT2D eigenvalue weighted by Gasteiger charge is -2.18. The summed E-state index contributed by atoms with van der Waals surface area (Å²) in [4.78, 5) is 4.37. The lowest BCUT2D eigenvalue weighted by atomic mass is 10.1. The second-order valence-corrected chi connectivity index (χ2v) is 5.37. The van der Waals surface area contributed by atoms with E-state index in [1.54, 1.807) is 7.11 Å². The number of nitrogens with one attached hydrogen (secondary N) is 2. The average molecular weight is 272 g/mol. The normalized spacial score (nSPS) is 16.1. The van der Waals surface area contributed by atoms with E-state index in [1.165, 1.54) is 12.8 Å². The summed E-state index contributed by atoms with van der Waals surface area (Å²) in [5.74, 6) is 2.30. The number of ether oxygens (including phenoxy) is 1. The molecule has 3 rings (SSSR count). The predicted molar refractivity (Wildman–Crippen MR) is 78.6 cm³/mol. The minimum absolute atomic E-state index is 0.393. The highest BCUT2D eigenvalue weighted by molar-refractivity contribution is 5.62. The first-order chi connectivity index (χ1) is 9.76. The number of anilines is 1. The number of H-pyrrole nitrogens is 1. The van der Waals surface area contributed by atoms with Gasteiger partial charge >= 0.3 is 0 Å². The molecule has 0 amide bonds. The Hall–Kier alpha value is -1.88. The highest BCUT2D eigenvalue weighted by atomic mass is 16.5. The molecule has 106 valence electrons. The second kappa shape index (κ2) is 5.63. The maximum Gasteiger partial charge on any atom is 0.181 e. The van der Waals surface area contributed by atoms with Gasteiger partial charge < -0.3 is 10.1 Å². The van der Waals surface area contributed by atoms with Crippen molar-refractivity contribution in [2.75, 3.05) is 19.0 Å². The van der Waals surface area contributed by atoms with Gasteiger partial charge in [0.05, 0.1) is 12.6 Å². The molecule has 0 radical (unpaired) electrons. The first kappa shape index (κ1) is 13.1. The van der Waals surface area contributed by atoms with Crippen molar-refractivity contribution in [2.24, 2.45) is 5.92 Å². The third-order valence-electron chi connectivity index (χ3n) is 3.61. The van der Waals surface area contributed by atoms with E-state index in [4.69, 9.17) is 4.74 Å². The summed E-state index contributed by atoms with van der Waals surface area (Å²) in [6, 6.07) is 8.61. The van der Waals surface area contributed by atoms with E-state index >= 15 is 0 Å². The first-order valence-corrected chi connectivity index (χ1v) is 7.01. The summed E-state index contributed by atoms with van der Waals surface area (Å²) < 4.78 is 5.30. The number of aromatic nitrogens is 3. The third kappa shape index (κ3) is 2.99. The molecule has 1 heterocycles. The molecule has 2 N–H and O–H groups in total. The summed E-state index contributed by atoms with van der Waals surface area (Å²) in [6.45, 7) is 2.65. The van der Waals surface area contributed by atoms with E-state index in [2.05, 4.69) is 32.6 Å². The van der Waals surface area contributed by atoms with Crippen molar-refractivity contribution < 1.29 is 4.74 Å². The summed E-state index contributed by atoms with van der Waals surface area (Å²) in [5.41, 5.74) is 2.12. The molecule has 0 bridgehead atoms. The van der Waals surface area contributed by atoms with Gasteiger partial charge in [-0.1, -0.05) is 12.1 Å². The standard InChI is InChI=1S/C15H20N4O/c1-10-16-15(19-18-10)12-4-3-5-13(8-12)17-14(9-20-2)11-6-7-11/h3-5,8,11,14,17H,6-7,9H2,1-2H3,(H,16,18,19). The van der Waals surface area contributed by atoms with Crippen LogP contribution in [0.3, 0.4) is 0 Å². The Morgan fingerprint density at radius 2 is 2.30 bits per heavy atom. The van der Waals surface area contributed by atoms with Crippen LogP contribution in [-0.2, 0) is 4.74 Å². The maximum absolute atomic E-state index is 5.30. The van der Waals surface area contributed by atoms with Crippen LogP contribution in [0.25, 0.3) is 11.4 Å². The summed E-state index contributed by atoms with van der Waals surface area (Å²) >= 11 is 0. The van der Waals surface area contributed by atoms with E-state index in [0.29, 0.717) is 6.04 Å². The van der Waals surface area contributed by atoms with E-state index in [-0.39, 0.29) is 0 Å². The second-order valence-electron chi connectivity index (χ2n) is 5.37. The molecule has 1 unspecified atom stereocenters. The fraction of sp³-hybridized carbons (Fsp3) is 0.467. The van der Waals surface area contributed by atoms with Crippen molar-refractivity contribution in [1.29, 1.82) is 0 Å². The lowest BCUT2D eigenvalue weighted by Crippen LogP contribution is -2.27. The zero-order valence-corrected chi connectivity index (χ0v) is 11.9. The van der Waals surface area contributed by atoms with Gasteiger partial charge in [0.2, 0.25) is 0 Å². The molecular weight excluding hydrogens is 252 g/mol. The minimum Gasteiger partial charge on any atom is -0.383 e. The number of hydrogen-bond acceptors (Lipinski definition) is 4. The van der Waals surface area contributed by atoms with E-state index in [0.717, 1.165) is 35.4 Å². The van der Waals surface area contributed by atoms with Gasteiger partial charge in [-0.05, 0) is 37.8 Å². The number of methoxy groups -OCH3 is 1. The monoisotopic (exact) mass is 272 g/mol. The van der Waals surface area contributed by atoms with Crippen LogP contribution in [0, 0.1) is 12.8 Å². The van der Waals surface area contributed by atoms with Gasteiger partial charge in [0, 0.05) is 18.4 Å². The molecule has 1 fully saturated rings. The Labute approximate surface area is 118 Å². The molecule has 1 aliphatic rings. The molecule has 2 aromatic rings. The zero-order valence-electron chi connectivity index (χ0n) is 11.9. The van der Waals surface area contributed by atoms with Crippen molar-refractivity contribution in [3.63, 3.8) is 0 Å². The smallest absolute Gasteiger partial charge is 0.181 e. The number of benzene rings is 1. The number of rotatable bonds is 6. The SMILES string of the molecule is COCC(Nc1cccc(-c2n[nH]c(C)n2)c1)C1CC1. The van der Waals surface area contributed by atoms with Crippen molar-refractivity contribution in [3.8, 4) is 11.4 Å². The quantitative estimate of drug-likeness (QED) is 0.848. The van der Waals surface area contributed by atoms with Crippen molar-refractivity contribution in [1.82, 2.24) is 15.2 Å². The Morgan fingerprint density at radius 1 is 1.45 bits per heavy atom. The fourth-order valence-corrected chi connectivity index (χ4v) is 2.41. The molecule has 0 spiro atoms. The minimum atomic E-state index is 0.393. The van der Waals surface area contributed by atoms with E-state index < -0.39 is 0 Å². The van der Waals surface area contributed by atoms with E-state index in [1.807, 2.05) is 19.1 Å². The highest BCUT2D eigenvalue weighted by Gasteiger charge is 2.31. The highest BCUT2D eigenvalue weighted by Crippen LogP contribution is 2.34. The van der Waals surface area contributed by atoms with Crippen LogP contribution in [0.1, 0.15) is 18.7 Å². The summed E-state index contributed by atoms with van der Waals surface area (Å²) in [5, 5.41) is 10.6. The molecule has 5 nitrogen and oxygen atoms in total. The maximum atomic E-state index is 5.30. The topological polar surface area (TPSA) is 62.8 Å². The predicted octanol–water partition coefficient (Wildman–Crippen LogP) is 2.62. The first-order valence-electron chi connectivity index (χ1n) is 7.01. The van der Waals surface area contributed by atoms with Crippen LogP contribution in [0.2, 0.25) is 0 Å². The molecule has 1 aromatic heterocycles. The molecule has 0 saturated heterocycles. The van der Waals surface area contributed by atoms with Crippen LogP contribution < -0.4 is 5.32 Å². The molecule has 20 heavy (non-hydrogen) atoms. The molecule has 1 saturated carbocycles. The summed E-state index contributed by atoms with van der Waals surface area (Å²) in [6.07, 6.45) is 2.58. The third-order valence-corrected chi connectivity index (χ3v) is 3.61. The Kier molecular flexibility index (Phi) is 3.69. The van der Waals surface area contributed by atoms with Gasteiger partial charge in [-0.15, -0.1) is 0 Å². The summed E-state index contributed by atoms with van der Waals surface area (Å²) in [7, 11) is 1.75. The number of hydrogen-bond donors (Lipinski definition) is 2. The van der Waals surface area contributed by atoms with Crippen LogP contribution >= 0.6 is 0 Å². The van der Waals surface area contributed by atoms with Gasteiger partial charge in [-0.3, -0.25) is 5.10 Å². The van der Waals surface area contributed by atoms with Gasteiger partial charge in [0.25, 0.3) is 0 Å². The van der Waals surface area contributed by atoms with E-state index in [9.17, 15) is 0 Å². The Balaban J connectivity index is 1.76. The zero-order chi connectivity index (χ0) is 13.9. The van der Waals surface area contributed by atoms with Crippen molar-refractivity contribution in [3.05, 3.63) is 30.1 Å². The largest absolute Gasteiger partial charge is 0.383 e. The molecular formula is C15H20N4O. The molecule has 1 aliphatic carbocycles. The van der Waals surface area contributed by atoms with Crippen molar-refractivity contribution >= 4 is 5.69 Å². The van der Waals surface area contributed by atoms with Crippen LogP contribution in [0.5, 0.6) is 0 Å². The molecule has 1 atom stereocenters. The van der Waals surface area contributed by atoms with Crippen LogP contribution in [0.4, 0.5) is 5.69 Å². The van der Waals surface area contributed by atoms with Gasteiger partial charge in [-0.25, -0.2) is 4.98 Å². The molecule has 5 heteroatoms.